The van der Waals surface area contributed by atoms with Gasteiger partial charge in [0.2, 0.25) is 0 Å². The maximum atomic E-state index is 11.4. The summed E-state index contributed by atoms with van der Waals surface area (Å²) >= 11 is 7.46. The molecule has 108 valence electrons. The first kappa shape index (κ1) is 13.9. The average molecular weight is 323 g/mol. The van der Waals surface area contributed by atoms with Crippen molar-refractivity contribution >= 4 is 33.9 Å². The molecule has 0 aliphatic rings. The Kier molecular flexibility index (Phi) is 3.35. The number of benzene rings is 1. The van der Waals surface area contributed by atoms with Gasteiger partial charge in [0.25, 0.3) is 5.88 Å². The van der Waals surface area contributed by atoms with Crippen molar-refractivity contribution in [2.45, 2.75) is 13.8 Å². The number of aryl methyl sites for hydroxylation is 2. The van der Waals surface area contributed by atoms with Crippen LogP contribution in [0.1, 0.15) is 21.6 Å². The van der Waals surface area contributed by atoms with Crippen LogP contribution in [0.25, 0.3) is 4.96 Å². The lowest BCUT2D eigenvalue weighted by Crippen LogP contribution is -2.02. The Labute approximate surface area is 129 Å². The number of aromatic carboxylic acids is 1. The lowest BCUT2D eigenvalue weighted by Gasteiger charge is -2.08. The summed E-state index contributed by atoms with van der Waals surface area (Å²) in [4.78, 5) is 16.2. The van der Waals surface area contributed by atoms with Crippen molar-refractivity contribution in [3.05, 3.63) is 45.6 Å². The minimum atomic E-state index is -1.08. The molecule has 0 atom stereocenters. The fourth-order valence-corrected chi connectivity index (χ4v) is 2.92. The summed E-state index contributed by atoms with van der Waals surface area (Å²) in [6.45, 7) is 3.73. The molecule has 0 aliphatic carbocycles. The van der Waals surface area contributed by atoms with Crippen LogP contribution in [-0.4, -0.2) is 20.5 Å². The van der Waals surface area contributed by atoms with Gasteiger partial charge in [-0.25, -0.2) is 4.79 Å². The van der Waals surface area contributed by atoms with Crippen LogP contribution in [0.2, 0.25) is 5.02 Å². The molecule has 3 aromatic rings. The number of thiazole rings is 1. The van der Waals surface area contributed by atoms with Crippen molar-refractivity contribution in [2.24, 2.45) is 0 Å². The second-order valence-corrected chi connectivity index (χ2v) is 5.85. The van der Waals surface area contributed by atoms with E-state index >= 15 is 0 Å². The molecule has 7 heteroatoms. The molecule has 0 saturated heterocycles. The first-order valence-corrected chi connectivity index (χ1v) is 7.36. The highest BCUT2D eigenvalue weighted by molar-refractivity contribution is 7.15. The SMILES string of the molecule is Cc1cc(Oc2nc3sccn3c2C(=O)O)cc(C)c1Cl. The standard InChI is InChI=1S/C14H11ClN2O3S/c1-7-5-9(6-8(2)10(7)15)20-12-11(13(18)19)17-3-4-21-14(17)16-12/h3-6H,1-2H3,(H,18,19). The number of hydrogen-bond acceptors (Lipinski definition) is 4. The summed E-state index contributed by atoms with van der Waals surface area (Å²) in [6.07, 6.45) is 1.65. The number of carboxylic acid groups (broad SMARTS) is 1. The molecule has 0 radical (unpaired) electrons. The third kappa shape index (κ3) is 2.36. The lowest BCUT2D eigenvalue weighted by atomic mass is 10.1. The Hall–Kier alpha value is -2.05. The zero-order valence-electron chi connectivity index (χ0n) is 11.3. The molecule has 1 N–H and O–H groups in total. The molecule has 21 heavy (non-hydrogen) atoms. The Bertz CT molecular complexity index is 830. The van der Waals surface area contributed by atoms with Gasteiger partial charge in [-0.05, 0) is 37.1 Å². The van der Waals surface area contributed by atoms with Crippen molar-refractivity contribution in [3.63, 3.8) is 0 Å². The molecule has 3 rings (SSSR count). The van der Waals surface area contributed by atoms with Gasteiger partial charge in [-0.15, -0.1) is 11.3 Å². The Morgan fingerprint density at radius 3 is 2.67 bits per heavy atom. The van der Waals surface area contributed by atoms with E-state index in [2.05, 4.69) is 4.98 Å². The maximum Gasteiger partial charge on any atom is 0.358 e. The summed E-state index contributed by atoms with van der Waals surface area (Å²) in [7, 11) is 0. The highest BCUT2D eigenvalue weighted by Crippen LogP contribution is 2.31. The van der Waals surface area contributed by atoms with Gasteiger partial charge in [0, 0.05) is 16.6 Å². The molecule has 2 aromatic heterocycles. The van der Waals surface area contributed by atoms with Crippen LogP contribution < -0.4 is 4.74 Å². The Balaban J connectivity index is 2.07. The van der Waals surface area contributed by atoms with E-state index in [1.807, 2.05) is 13.8 Å². The minimum absolute atomic E-state index is 0.0107. The number of aromatic nitrogens is 2. The van der Waals surface area contributed by atoms with Crippen LogP contribution >= 0.6 is 22.9 Å². The Morgan fingerprint density at radius 1 is 1.38 bits per heavy atom. The van der Waals surface area contributed by atoms with Crippen LogP contribution in [0.15, 0.2) is 23.7 Å². The molecule has 0 spiro atoms. The highest BCUT2D eigenvalue weighted by atomic mass is 35.5. The van der Waals surface area contributed by atoms with Gasteiger partial charge in [-0.2, -0.15) is 4.98 Å². The number of rotatable bonds is 3. The van der Waals surface area contributed by atoms with Crippen molar-refractivity contribution in [3.8, 4) is 11.6 Å². The van der Waals surface area contributed by atoms with Crippen LogP contribution in [-0.2, 0) is 0 Å². The van der Waals surface area contributed by atoms with Crippen molar-refractivity contribution in [1.82, 2.24) is 9.38 Å². The Morgan fingerprint density at radius 2 is 2.05 bits per heavy atom. The molecule has 0 aliphatic heterocycles. The number of fused-ring (bicyclic) bond motifs is 1. The maximum absolute atomic E-state index is 11.4. The van der Waals surface area contributed by atoms with E-state index in [-0.39, 0.29) is 11.6 Å². The molecular formula is C14H11ClN2O3S. The first-order chi connectivity index (χ1) is 9.97. The molecule has 2 heterocycles. The zero-order valence-corrected chi connectivity index (χ0v) is 12.8. The minimum Gasteiger partial charge on any atom is -0.476 e. The fourth-order valence-electron chi connectivity index (χ4n) is 2.11. The average Bonchev–Trinajstić information content (AvgIpc) is 2.95. The number of nitrogens with zero attached hydrogens (tertiary/aromatic N) is 2. The van der Waals surface area contributed by atoms with Gasteiger partial charge in [0.05, 0.1) is 0 Å². The predicted molar refractivity (Wildman–Crippen MR) is 81.0 cm³/mol. The predicted octanol–water partition coefficient (Wildman–Crippen LogP) is 4.16. The topological polar surface area (TPSA) is 63.8 Å². The normalized spacial score (nSPS) is 11.0. The largest absolute Gasteiger partial charge is 0.476 e. The number of carboxylic acids is 1. The van der Waals surface area contributed by atoms with Crippen molar-refractivity contribution in [1.29, 1.82) is 0 Å². The number of imidazole rings is 1. The van der Waals surface area contributed by atoms with E-state index in [0.29, 0.717) is 15.7 Å². The van der Waals surface area contributed by atoms with E-state index in [0.717, 1.165) is 11.1 Å². The highest BCUT2D eigenvalue weighted by Gasteiger charge is 2.21. The van der Waals surface area contributed by atoms with Crippen LogP contribution in [0, 0.1) is 13.8 Å². The molecule has 0 unspecified atom stereocenters. The molecule has 5 nitrogen and oxygen atoms in total. The molecule has 0 bridgehead atoms. The molecule has 0 saturated carbocycles. The van der Waals surface area contributed by atoms with Gasteiger partial charge in [0.15, 0.2) is 10.7 Å². The summed E-state index contributed by atoms with van der Waals surface area (Å²) in [6, 6.07) is 3.52. The van der Waals surface area contributed by atoms with Crippen LogP contribution in [0.3, 0.4) is 0 Å². The number of carbonyl (C=O) groups is 1. The van der Waals surface area contributed by atoms with Gasteiger partial charge in [-0.1, -0.05) is 11.6 Å². The summed E-state index contributed by atoms with van der Waals surface area (Å²) in [5.74, 6) is -0.489. The summed E-state index contributed by atoms with van der Waals surface area (Å²) < 4.78 is 7.16. The smallest absolute Gasteiger partial charge is 0.358 e. The van der Waals surface area contributed by atoms with E-state index in [9.17, 15) is 9.90 Å². The van der Waals surface area contributed by atoms with E-state index in [4.69, 9.17) is 16.3 Å². The third-order valence-corrected chi connectivity index (χ3v) is 4.41. The fraction of sp³-hybridized carbons (Fsp3) is 0.143. The summed E-state index contributed by atoms with van der Waals surface area (Å²) in [5, 5.41) is 11.8. The van der Waals surface area contributed by atoms with Gasteiger partial charge >= 0.3 is 5.97 Å². The number of hydrogen-bond donors (Lipinski definition) is 1. The number of ether oxygens (including phenoxy) is 1. The van der Waals surface area contributed by atoms with E-state index < -0.39 is 5.97 Å². The monoisotopic (exact) mass is 322 g/mol. The molecule has 0 amide bonds. The quantitative estimate of drug-likeness (QED) is 0.786. The molecular weight excluding hydrogens is 312 g/mol. The van der Waals surface area contributed by atoms with E-state index in [1.165, 1.54) is 15.7 Å². The van der Waals surface area contributed by atoms with E-state index in [1.54, 1.807) is 23.7 Å². The van der Waals surface area contributed by atoms with Gasteiger partial charge in [-0.3, -0.25) is 4.40 Å². The first-order valence-electron chi connectivity index (χ1n) is 6.11. The zero-order chi connectivity index (χ0) is 15.1. The van der Waals surface area contributed by atoms with Crippen LogP contribution in [0.4, 0.5) is 0 Å². The van der Waals surface area contributed by atoms with Gasteiger partial charge in [0.1, 0.15) is 5.75 Å². The van der Waals surface area contributed by atoms with Crippen LogP contribution in [0.5, 0.6) is 11.6 Å². The second-order valence-electron chi connectivity index (χ2n) is 4.60. The third-order valence-electron chi connectivity index (χ3n) is 3.06. The molecule has 0 fully saturated rings. The summed E-state index contributed by atoms with van der Waals surface area (Å²) in [5.41, 5.74) is 1.74. The van der Waals surface area contributed by atoms with Crippen molar-refractivity contribution < 1.29 is 14.6 Å². The lowest BCUT2D eigenvalue weighted by molar-refractivity contribution is 0.0686. The second kappa shape index (κ2) is 5.05. The van der Waals surface area contributed by atoms with Gasteiger partial charge < -0.3 is 9.84 Å². The van der Waals surface area contributed by atoms with Crippen molar-refractivity contribution in [2.75, 3.05) is 0 Å². The number of halogens is 1. The molecule has 1 aromatic carbocycles.